The third-order valence-electron chi connectivity index (χ3n) is 7.96. The Hall–Kier alpha value is -4.35. The predicted molar refractivity (Wildman–Crippen MR) is 171 cm³/mol. The molecule has 3 aromatic carbocycles. The molecule has 0 aliphatic carbocycles. The highest BCUT2D eigenvalue weighted by atomic mass is 19.1. The van der Waals surface area contributed by atoms with Crippen molar-refractivity contribution in [2.24, 2.45) is 0 Å². The number of halogens is 1. The fourth-order valence-corrected chi connectivity index (χ4v) is 5.62. The van der Waals surface area contributed by atoms with Gasteiger partial charge in [0.25, 0.3) is 5.91 Å². The van der Waals surface area contributed by atoms with E-state index in [2.05, 4.69) is 5.32 Å². The number of amides is 1. The number of fused-ring (bicyclic) bond motifs is 1. The highest BCUT2D eigenvalue weighted by Gasteiger charge is 2.40. The molecule has 2 aliphatic heterocycles. The van der Waals surface area contributed by atoms with E-state index >= 15 is 0 Å². The van der Waals surface area contributed by atoms with Crippen LogP contribution in [0.25, 0.3) is 11.1 Å². The van der Waals surface area contributed by atoms with Gasteiger partial charge in [0.2, 0.25) is 0 Å². The van der Waals surface area contributed by atoms with E-state index in [4.69, 9.17) is 28.4 Å². The van der Waals surface area contributed by atoms with Crippen LogP contribution in [-0.4, -0.2) is 62.8 Å². The number of likely N-dealkylation sites (N-methyl/N-ethyl adjacent to an activating group) is 1. The minimum Gasteiger partial charge on any atom is -0.496 e. The summed E-state index contributed by atoms with van der Waals surface area (Å²) in [4.78, 5) is 27.5. The molecular weight excluding hydrogens is 595 g/mol. The molecule has 1 amide bonds. The van der Waals surface area contributed by atoms with Crippen LogP contribution in [0.3, 0.4) is 0 Å². The van der Waals surface area contributed by atoms with Gasteiger partial charge in [-0.3, -0.25) is 4.79 Å². The Bertz CT molecular complexity index is 1640. The highest BCUT2D eigenvalue weighted by Crippen LogP contribution is 2.45. The fraction of sp³-hybridized carbons (Fsp3) is 0.429. The number of rotatable bonds is 10. The summed E-state index contributed by atoms with van der Waals surface area (Å²) in [6.07, 6.45) is -1.34. The van der Waals surface area contributed by atoms with Crippen LogP contribution in [0.15, 0.2) is 48.5 Å². The van der Waals surface area contributed by atoms with Gasteiger partial charge in [-0.1, -0.05) is 12.1 Å². The van der Waals surface area contributed by atoms with E-state index in [9.17, 15) is 14.0 Å². The van der Waals surface area contributed by atoms with Gasteiger partial charge in [-0.2, -0.15) is 0 Å². The Kier molecular flexibility index (Phi) is 9.19. The molecule has 11 heteroatoms. The average Bonchev–Trinajstić information content (AvgIpc) is 3.38. The van der Waals surface area contributed by atoms with Crippen LogP contribution in [0.5, 0.6) is 17.2 Å². The van der Waals surface area contributed by atoms with Crippen molar-refractivity contribution in [1.29, 1.82) is 0 Å². The number of aryl methyl sites for hydroxylation is 1. The molecule has 1 fully saturated rings. The number of hydrogen-bond donors (Lipinski definition) is 1. The van der Waals surface area contributed by atoms with E-state index in [-0.39, 0.29) is 25.7 Å². The van der Waals surface area contributed by atoms with Crippen molar-refractivity contribution in [1.82, 2.24) is 0 Å². The lowest BCUT2D eigenvalue weighted by Gasteiger charge is -2.39. The van der Waals surface area contributed by atoms with Crippen LogP contribution in [0, 0.1) is 12.7 Å². The zero-order valence-electron chi connectivity index (χ0n) is 27.5. The zero-order chi connectivity index (χ0) is 33.4. The first kappa shape index (κ1) is 33.0. The van der Waals surface area contributed by atoms with Crippen LogP contribution in [0.2, 0.25) is 0 Å². The molecule has 0 aromatic heterocycles. The van der Waals surface area contributed by atoms with Crippen molar-refractivity contribution in [3.63, 3.8) is 0 Å². The number of hydrogen-bond acceptors (Lipinski definition) is 9. The third kappa shape index (κ3) is 6.90. The average molecular weight is 637 g/mol. The minimum absolute atomic E-state index is 0.0553. The topological polar surface area (TPSA) is 105 Å². The molecule has 46 heavy (non-hydrogen) atoms. The number of ether oxygens (including phenoxy) is 6. The molecule has 2 atom stereocenters. The van der Waals surface area contributed by atoms with Crippen LogP contribution < -0.4 is 24.4 Å². The molecule has 0 radical (unpaired) electrons. The maximum Gasteiger partial charge on any atom is 0.338 e. The van der Waals surface area contributed by atoms with E-state index < -0.39 is 35.3 Å². The first-order chi connectivity index (χ1) is 21.7. The number of nitrogens with one attached hydrogen (secondary N) is 1. The van der Waals surface area contributed by atoms with Crippen LogP contribution in [-0.2, 0) is 30.4 Å². The minimum atomic E-state index is -0.831. The maximum absolute atomic E-state index is 14.1. The molecule has 0 spiro atoms. The van der Waals surface area contributed by atoms with Crippen LogP contribution >= 0.6 is 0 Å². The Balaban J connectivity index is 1.41. The van der Waals surface area contributed by atoms with Crippen molar-refractivity contribution in [3.8, 4) is 28.4 Å². The predicted octanol–water partition coefficient (Wildman–Crippen LogP) is 6.02. The second-order valence-corrected chi connectivity index (χ2v) is 12.5. The van der Waals surface area contributed by atoms with E-state index in [1.165, 1.54) is 12.1 Å². The summed E-state index contributed by atoms with van der Waals surface area (Å²) in [5, 5.41) is 3.35. The lowest BCUT2D eigenvalue weighted by atomic mass is 9.91. The van der Waals surface area contributed by atoms with E-state index in [1.807, 2.05) is 39.0 Å². The summed E-state index contributed by atoms with van der Waals surface area (Å²) < 4.78 is 48.6. The summed E-state index contributed by atoms with van der Waals surface area (Å²) in [5.74, 6) is -0.426. The van der Waals surface area contributed by atoms with Gasteiger partial charge in [0.15, 0.2) is 11.9 Å². The van der Waals surface area contributed by atoms with Crippen molar-refractivity contribution in [3.05, 3.63) is 65.5 Å². The molecule has 0 unspecified atom stereocenters. The van der Waals surface area contributed by atoms with Gasteiger partial charge in [-0.25, -0.2) is 9.18 Å². The van der Waals surface area contributed by atoms with Gasteiger partial charge in [-0.15, -0.1) is 0 Å². The first-order valence-corrected chi connectivity index (χ1v) is 15.1. The summed E-state index contributed by atoms with van der Waals surface area (Å²) >= 11 is 0. The molecule has 2 aliphatic rings. The second-order valence-electron chi connectivity index (χ2n) is 12.5. The van der Waals surface area contributed by atoms with Gasteiger partial charge in [0, 0.05) is 30.3 Å². The Morgan fingerprint density at radius 1 is 1.07 bits per heavy atom. The number of carbonyl (C=O) groups is 2. The first-order valence-electron chi connectivity index (χ1n) is 15.1. The van der Waals surface area contributed by atoms with E-state index in [0.29, 0.717) is 28.5 Å². The summed E-state index contributed by atoms with van der Waals surface area (Å²) in [6.45, 7) is 11.0. The highest BCUT2D eigenvalue weighted by molar-refractivity contribution is 6.08. The largest absolute Gasteiger partial charge is 0.496 e. The third-order valence-corrected chi connectivity index (χ3v) is 7.96. The number of methoxy groups -OCH3 is 1. The molecule has 3 aromatic rings. The molecule has 1 saturated heterocycles. The van der Waals surface area contributed by atoms with Crippen molar-refractivity contribution < 1.29 is 42.4 Å². The second kappa shape index (κ2) is 12.8. The standard InChI is InChI=1S/C35H41FN2O8/c1-20-9-10-22(36)15-28(20)43-18-26-24(13-14-27-31(26)38(7)33(40)34(3,4)37-27)25-12-11-23(16-29(25)41-8)42-17-21(2)45-32(39)30-19-44-35(5,6)46-30/h9-16,21,30,37H,17-19H2,1-8H3/t21-,30-/m0/s1. The Labute approximate surface area is 268 Å². The molecule has 10 nitrogen and oxygen atoms in total. The Morgan fingerprint density at radius 2 is 1.80 bits per heavy atom. The van der Waals surface area contributed by atoms with Crippen molar-refractivity contribution in [2.45, 2.75) is 71.7 Å². The van der Waals surface area contributed by atoms with E-state index in [0.717, 1.165) is 22.4 Å². The monoisotopic (exact) mass is 636 g/mol. The number of carbonyl (C=O) groups excluding carboxylic acids is 2. The summed E-state index contributed by atoms with van der Waals surface area (Å²) in [7, 11) is 3.29. The number of esters is 1. The molecule has 2 heterocycles. The van der Waals surface area contributed by atoms with Crippen LogP contribution in [0.1, 0.15) is 45.7 Å². The molecule has 246 valence electrons. The Morgan fingerprint density at radius 3 is 2.50 bits per heavy atom. The lowest BCUT2D eigenvalue weighted by Crippen LogP contribution is -2.52. The SMILES string of the molecule is COc1cc(OC[C@H](C)OC(=O)[C@@H]2COC(C)(C)O2)ccc1-c1ccc2c(c1COc1cc(F)ccc1C)N(C)C(=O)C(C)(C)N2. The molecule has 5 rings (SSSR count). The van der Waals surface area contributed by atoms with Gasteiger partial charge in [-0.05, 0) is 76.9 Å². The maximum atomic E-state index is 14.1. The summed E-state index contributed by atoms with van der Waals surface area (Å²) in [6, 6.07) is 13.7. The van der Waals surface area contributed by atoms with Crippen molar-refractivity contribution in [2.75, 3.05) is 37.6 Å². The molecular formula is C35H41FN2O8. The quantitative estimate of drug-likeness (QED) is 0.268. The number of anilines is 2. The normalized spacial score (nSPS) is 18.8. The number of benzene rings is 3. The summed E-state index contributed by atoms with van der Waals surface area (Å²) in [5.41, 5.74) is 3.62. The van der Waals surface area contributed by atoms with E-state index in [1.54, 1.807) is 58.0 Å². The van der Waals surface area contributed by atoms with Crippen LogP contribution in [0.4, 0.5) is 15.8 Å². The lowest BCUT2D eigenvalue weighted by molar-refractivity contribution is -0.174. The van der Waals surface area contributed by atoms with Crippen molar-refractivity contribution >= 4 is 23.3 Å². The zero-order valence-corrected chi connectivity index (χ0v) is 27.5. The number of nitrogens with zero attached hydrogens (tertiary/aromatic N) is 1. The molecule has 1 N–H and O–H groups in total. The fourth-order valence-electron chi connectivity index (χ4n) is 5.62. The smallest absolute Gasteiger partial charge is 0.338 e. The molecule has 0 bridgehead atoms. The van der Waals surface area contributed by atoms with Gasteiger partial charge >= 0.3 is 5.97 Å². The van der Waals surface area contributed by atoms with Gasteiger partial charge in [0.1, 0.15) is 47.9 Å². The van der Waals surface area contributed by atoms with Gasteiger partial charge in [0.05, 0.1) is 25.1 Å². The van der Waals surface area contributed by atoms with Gasteiger partial charge < -0.3 is 38.6 Å². The molecule has 0 saturated carbocycles.